The number of hydrogen-bond acceptors (Lipinski definition) is 3. The van der Waals surface area contributed by atoms with Gasteiger partial charge in [-0.2, -0.15) is 0 Å². The van der Waals surface area contributed by atoms with Gasteiger partial charge in [0.15, 0.2) is 5.78 Å². The summed E-state index contributed by atoms with van der Waals surface area (Å²) in [4.78, 5) is 12.2. The highest BCUT2D eigenvalue weighted by molar-refractivity contribution is 7.79. The lowest BCUT2D eigenvalue weighted by Gasteiger charge is -2.08. The van der Waals surface area contributed by atoms with E-state index in [2.05, 4.69) is 0 Å². The number of ketones is 1. The quantitative estimate of drug-likeness (QED) is 0.866. The molecule has 2 aromatic rings. The molecule has 1 aliphatic rings. The third kappa shape index (κ3) is 3.02. The zero-order valence-corrected chi connectivity index (χ0v) is 13.1. The summed E-state index contributed by atoms with van der Waals surface area (Å²) in [6.45, 7) is 0. The van der Waals surface area contributed by atoms with Gasteiger partial charge in [0.05, 0.1) is 0 Å². The standard InChI is InChI=1S/C18H16O3S/c1-22(20)21-15-9-7-13(8-10-15)16-11-12-17(19)18(16)14-5-3-2-4-6-14/h2-10H,11-12H2,1H3. The first-order chi connectivity index (χ1) is 10.6. The van der Waals surface area contributed by atoms with Crippen molar-refractivity contribution >= 4 is 28.0 Å². The molecule has 0 fully saturated rings. The highest BCUT2D eigenvalue weighted by Crippen LogP contribution is 2.37. The maximum Gasteiger partial charge on any atom is 0.203 e. The van der Waals surface area contributed by atoms with Gasteiger partial charge in [0.1, 0.15) is 5.75 Å². The van der Waals surface area contributed by atoms with Crippen molar-refractivity contribution in [3.8, 4) is 5.75 Å². The van der Waals surface area contributed by atoms with Crippen molar-refractivity contribution in [2.45, 2.75) is 12.8 Å². The minimum atomic E-state index is -1.33. The molecular weight excluding hydrogens is 296 g/mol. The molecule has 0 bridgehead atoms. The van der Waals surface area contributed by atoms with Crippen LogP contribution in [0, 0.1) is 0 Å². The fraction of sp³-hybridized carbons (Fsp3) is 0.167. The van der Waals surface area contributed by atoms with E-state index in [-0.39, 0.29) is 5.78 Å². The highest BCUT2D eigenvalue weighted by atomic mass is 32.2. The Bertz CT molecular complexity index is 746. The van der Waals surface area contributed by atoms with Crippen molar-refractivity contribution in [1.29, 1.82) is 0 Å². The van der Waals surface area contributed by atoms with E-state index in [4.69, 9.17) is 4.18 Å². The van der Waals surface area contributed by atoms with Crippen LogP contribution in [-0.2, 0) is 15.9 Å². The van der Waals surface area contributed by atoms with E-state index in [1.807, 2.05) is 42.5 Å². The second-order valence-corrected chi connectivity index (χ2v) is 6.12. The minimum Gasteiger partial charge on any atom is -0.401 e. The lowest BCUT2D eigenvalue weighted by Crippen LogP contribution is -1.97. The van der Waals surface area contributed by atoms with Crippen LogP contribution in [0.15, 0.2) is 54.6 Å². The van der Waals surface area contributed by atoms with Crippen LogP contribution in [0.1, 0.15) is 24.0 Å². The first kappa shape index (κ1) is 14.7. The third-order valence-corrected chi connectivity index (χ3v) is 4.09. The first-order valence-electron chi connectivity index (χ1n) is 7.09. The van der Waals surface area contributed by atoms with E-state index in [0.29, 0.717) is 12.2 Å². The van der Waals surface area contributed by atoms with Crippen LogP contribution >= 0.6 is 0 Å². The lowest BCUT2D eigenvalue weighted by molar-refractivity contribution is -0.113. The molecule has 1 atom stereocenters. The molecular formula is C18H16O3S. The van der Waals surface area contributed by atoms with Gasteiger partial charge in [-0.3, -0.25) is 4.79 Å². The Morgan fingerprint density at radius 1 is 0.909 bits per heavy atom. The van der Waals surface area contributed by atoms with E-state index in [9.17, 15) is 9.00 Å². The average molecular weight is 312 g/mol. The van der Waals surface area contributed by atoms with Crippen LogP contribution in [0.4, 0.5) is 0 Å². The summed E-state index contributed by atoms with van der Waals surface area (Å²) in [6.07, 6.45) is 2.79. The summed E-state index contributed by atoms with van der Waals surface area (Å²) in [7, 11) is 0. The smallest absolute Gasteiger partial charge is 0.203 e. The summed E-state index contributed by atoms with van der Waals surface area (Å²) in [5.41, 5.74) is 3.86. The van der Waals surface area contributed by atoms with Crippen molar-refractivity contribution < 1.29 is 13.2 Å². The predicted octanol–water partition coefficient (Wildman–Crippen LogP) is 3.63. The van der Waals surface area contributed by atoms with Gasteiger partial charge in [0.25, 0.3) is 0 Å². The van der Waals surface area contributed by atoms with Crippen LogP contribution < -0.4 is 4.18 Å². The molecule has 0 saturated carbocycles. The van der Waals surface area contributed by atoms with Crippen molar-refractivity contribution in [3.05, 3.63) is 65.7 Å². The molecule has 0 aromatic heterocycles. The molecule has 3 nitrogen and oxygen atoms in total. The second-order valence-electron chi connectivity index (χ2n) is 5.15. The second kappa shape index (κ2) is 6.28. The normalized spacial score (nSPS) is 16.0. The molecule has 4 heteroatoms. The number of carbonyl (C=O) groups excluding carboxylic acids is 1. The number of Topliss-reactive ketones (excluding diaryl/α,β-unsaturated/α-hetero) is 1. The van der Waals surface area contributed by atoms with E-state index in [0.717, 1.165) is 28.7 Å². The van der Waals surface area contributed by atoms with Crippen molar-refractivity contribution in [2.75, 3.05) is 6.26 Å². The fourth-order valence-corrected chi connectivity index (χ4v) is 3.11. The molecule has 1 aliphatic carbocycles. The number of hydrogen-bond donors (Lipinski definition) is 0. The summed E-state index contributed by atoms with van der Waals surface area (Å²) in [6, 6.07) is 17.2. The number of carbonyl (C=O) groups is 1. The van der Waals surface area contributed by atoms with E-state index in [1.54, 1.807) is 12.1 Å². The number of rotatable bonds is 4. The minimum absolute atomic E-state index is 0.191. The van der Waals surface area contributed by atoms with Gasteiger partial charge in [-0.25, -0.2) is 4.21 Å². The topological polar surface area (TPSA) is 43.4 Å². The zero-order valence-electron chi connectivity index (χ0n) is 12.2. The van der Waals surface area contributed by atoms with Crippen molar-refractivity contribution in [2.24, 2.45) is 0 Å². The SMILES string of the molecule is CS(=O)Oc1ccc(C2=C(c3ccccc3)C(=O)CC2)cc1. The molecule has 0 amide bonds. The maximum absolute atomic E-state index is 12.2. The third-order valence-electron chi connectivity index (χ3n) is 3.66. The van der Waals surface area contributed by atoms with Crippen LogP contribution in [0.25, 0.3) is 11.1 Å². The Morgan fingerprint density at radius 2 is 1.59 bits per heavy atom. The van der Waals surface area contributed by atoms with Gasteiger partial charge < -0.3 is 4.18 Å². The molecule has 0 radical (unpaired) electrons. The van der Waals surface area contributed by atoms with Gasteiger partial charge in [-0.1, -0.05) is 42.5 Å². The fourth-order valence-electron chi connectivity index (χ4n) is 2.73. The van der Waals surface area contributed by atoms with Gasteiger partial charge in [0.2, 0.25) is 11.1 Å². The molecule has 0 heterocycles. The van der Waals surface area contributed by atoms with Gasteiger partial charge >= 0.3 is 0 Å². The Balaban J connectivity index is 1.99. The van der Waals surface area contributed by atoms with E-state index >= 15 is 0 Å². The largest absolute Gasteiger partial charge is 0.401 e. The lowest BCUT2D eigenvalue weighted by atomic mass is 9.97. The first-order valence-corrected chi connectivity index (χ1v) is 8.57. The molecule has 3 rings (SSSR count). The van der Waals surface area contributed by atoms with Crippen LogP contribution in [0.2, 0.25) is 0 Å². The Morgan fingerprint density at radius 3 is 2.23 bits per heavy atom. The van der Waals surface area contributed by atoms with Crippen LogP contribution in [0.3, 0.4) is 0 Å². The summed E-state index contributed by atoms with van der Waals surface area (Å²) < 4.78 is 16.2. The Kier molecular flexibility index (Phi) is 4.20. The van der Waals surface area contributed by atoms with Crippen LogP contribution in [0.5, 0.6) is 5.75 Å². The van der Waals surface area contributed by atoms with Gasteiger partial charge in [-0.05, 0) is 35.3 Å². The van der Waals surface area contributed by atoms with Crippen molar-refractivity contribution in [3.63, 3.8) is 0 Å². The van der Waals surface area contributed by atoms with E-state index in [1.165, 1.54) is 6.26 Å². The molecule has 112 valence electrons. The molecule has 2 aromatic carbocycles. The molecule has 0 aliphatic heterocycles. The Hall–Kier alpha value is -2.20. The monoisotopic (exact) mass is 312 g/mol. The highest BCUT2D eigenvalue weighted by Gasteiger charge is 2.25. The molecule has 0 spiro atoms. The maximum atomic E-state index is 12.2. The number of allylic oxidation sites excluding steroid dienone is 2. The van der Waals surface area contributed by atoms with Gasteiger partial charge in [0, 0.05) is 18.2 Å². The average Bonchev–Trinajstić information content (AvgIpc) is 2.90. The molecule has 22 heavy (non-hydrogen) atoms. The summed E-state index contributed by atoms with van der Waals surface area (Å²) in [5.74, 6) is 0.756. The molecule has 0 N–H and O–H groups in total. The number of benzene rings is 2. The zero-order chi connectivity index (χ0) is 15.5. The predicted molar refractivity (Wildman–Crippen MR) is 88.6 cm³/mol. The van der Waals surface area contributed by atoms with Crippen molar-refractivity contribution in [1.82, 2.24) is 0 Å². The Labute approximate surface area is 132 Å². The molecule has 1 unspecified atom stereocenters. The summed E-state index contributed by atoms with van der Waals surface area (Å²) in [5, 5.41) is 0. The van der Waals surface area contributed by atoms with E-state index < -0.39 is 11.1 Å². The van der Waals surface area contributed by atoms with Gasteiger partial charge in [-0.15, -0.1) is 0 Å². The van der Waals surface area contributed by atoms with Crippen LogP contribution in [-0.4, -0.2) is 16.2 Å². The summed E-state index contributed by atoms with van der Waals surface area (Å²) >= 11 is -1.33. The molecule has 0 saturated heterocycles.